The Labute approximate surface area is 122 Å². The van der Waals surface area contributed by atoms with Crippen LogP contribution in [-0.2, 0) is 11.3 Å². The quantitative estimate of drug-likeness (QED) is 0.743. The number of hydrogen-bond acceptors (Lipinski definition) is 3. The lowest BCUT2D eigenvalue weighted by Crippen LogP contribution is -2.37. The molecule has 0 atom stereocenters. The van der Waals surface area contributed by atoms with E-state index in [1.54, 1.807) is 6.20 Å². The molecule has 0 saturated carbocycles. The number of pyridine rings is 1. The van der Waals surface area contributed by atoms with Crippen LogP contribution in [0.3, 0.4) is 0 Å². The molecule has 0 aromatic carbocycles. The Morgan fingerprint density at radius 2 is 2.05 bits per heavy atom. The van der Waals surface area contributed by atoms with Gasteiger partial charge in [-0.2, -0.15) is 0 Å². The first-order valence-corrected chi connectivity index (χ1v) is 7.43. The van der Waals surface area contributed by atoms with Crippen molar-refractivity contribution < 1.29 is 4.79 Å². The summed E-state index contributed by atoms with van der Waals surface area (Å²) in [5.74, 6) is 0.205. The Morgan fingerprint density at radius 1 is 1.30 bits per heavy atom. The Balaban J connectivity index is 2.47. The Kier molecular flexibility index (Phi) is 7.23. The van der Waals surface area contributed by atoms with Gasteiger partial charge in [-0.05, 0) is 38.9 Å². The number of rotatable bonds is 8. The summed E-state index contributed by atoms with van der Waals surface area (Å²) >= 11 is 0. The summed E-state index contributed by atoms with van der Waals surface area (Å²) in [6.07, 6.45) is 3.23. The van der Waals surface area contributed by atoms with Crippen LogP contribution in [-0.4, -0.2) is 34.4 Å². The summed E-state index contributed by atoms with van der Waals surface area (Å²) in [7, 11) is 0. The summed E-state index contributed by atoms with van der Waals surface area (Å²) in [6.45, 7) is 9.81. The van der Waals surface area contributed by atoms with E-state index in [-0.39, 0.29) is 11.9 Å². The normalized spacial score (nSPS) is 11.1. The molecule has 0 bridgehead atoms. The third-order valence-electron chi connectivity index (χ3n) is 3.12. The van der Waals surface area contributed by atoms with Gasteiger partial charge in [0.1, 0.15) is 0 Å². The van der Waals surface area contributed by atoms with Crippen LogP contribution in [0.2, 0.25) is 0 Å². The molecule has 1 aromatic rings. The van der Waals surface area contributed by atoms with Crippen molar-refractivity contribution in [2.45, 2.75) is 59.2 Å². The molecule has 0 saturated heterocycles. The van der Waals surface area contributed by atoms with Crippen LogP contribution >= 0.6 is 0 Å². The minimum absolute atomic E-state index is 0.197. The maximum Gasteiger partial charge on any atom is 0.223 e. The zero-order chi connectivity index (χ0) is 15.0. The maximum absolute atomic E-state index is 12.3. The van der Waals surface area contributed by atoms with Gasteiger partial charge < -0.3 is 10.2 Å². The molecule has 4 nitrogen and oxygen atoms in total. The molecule has 0 aliphatic rings. The summed E-state index contributed by atoms with van der Waals surface area (Å²) in [4.78, 5) is 18.5. The third kappa shape index (κ3) is 6.15. The molecule has 112 valence electrons. The van der Waals surface area contributed by atoms with Crippen molar-refractivity contribution in [1.82, 2.24) is 15.2 Å². The molecule has 0 spiro atoms. The van der Waals surface area contributed by atoms with E-state index in [0.717, 1.165) is 18.7 Å². The van der Waals surface area contributed by atoms with Gasteiger partial charge in [-0.25, -0.2) is 0 Å². The van der Waals surface area contributed by atoms with Crippen LogP contribution < -0.4 is 5.32 Å². The van der Waals surface area contributed by atoms with Crippen LogP contribution in [0.15, 0.2) is 24.4 Å². The molecule has 20 heavy (non-hydrogen) atoms. The number of nitrogens with one attached hydrogen (secondary N) is 1. The topological polar surface area (TPSA) is 45.2 Å². The van der Waals surface area contributed by atoms with Crippen molar-refractivity contribution in [3.8, 4) is 0 Å². The van der Waals surface area contributed by atoms with Gasteiger partial charge >= 0.3 is 0 Å². The molecular weight excluding hydrogens is 250 g/mol. The van der Waals surface area contributed by atoms with Crippen molar-refractivity contribution >= 4 is 5.91 Å². The molecular formula is C16H27N3O. The number of aromatic nitrogens is 1. The van der Waals surface area contributed by atoms with E-state index in [9.17, 15) is 4.79 Å². The van der Waals surface area contributed by atoms with Crippen LogP contribution in [0.5, 0.6) is 0 Å². The van der Waals surface area contributed by atoms with Gasteiger partial charge in [0.05, 0.1) is 12.2 Å². The van der Waals surface area contributed by atoms with Gasteiger partial charge in [0.25, 0.3) is 0 Å². The van der Waals surface area contributed by atoms with Gasteiger partial charge in [-0.3, -0.25) is 9.78 Å². The molecule has 0 aliphatic carbocycles. The maximum atomic E-state index is 12.3. The second kappa shape index (κ2) is 8.69. The van der Waals surface area contributed by atoms with E-state index in [0.29, 0.717) is 19.0 Å². The minimum Gasteiger partial charge on any atom is -0.334 e. The fraction of sp³-hybridized carbons (Fsp3) is 0.625. The lowest BCUT2D eigenvalue weighted by molar-refractivity contribution is -0.133. The predicted molar refractivity (Wildman–Crippen MR) is 82.3 cm³/mol. The molecule has 0 unspecified atom stereocenters. The number of carbonyl (C=O) groups is 1. The molecule has 1 rings (SSSR count). The summed E-state index contributed by atoms with van der Waals surface area (Å²) in [5.41, 5.74) is 0.940. The Bertz CT molecular complexity index is 390. The monoisotopic (exact) mass is 277 g/mol. The second-order valence-electron chi connectivity index (χ2n) is 5.65. The van der Waals surface area contributed by atoms with Gasteiger partial charge in [0.15, 0.2) is 0 Å². The number of nitrogens with zero attached hydrogens (tertiary/aromatic N) is 2. The van der Waals surface area contributed by atoms with Crippen molar-refractivity contribution in [3.05, 3.63) is 30.1 Å². The van der Waals surface area contributed by atoms with Crippen LogP contribution in [0.1, 0.15) is 46.2 Å². The van der Waals surface area contributed by atoms with Crippen LogP contribution in [0.25, 0.3) is 0 Å². The average molecular weight is 277 g/mol. The van der Waals surface area contributed by atoms with E-state index in [1.165, 1.54) is 0 Å². The summed E-state index contributed by atoms with van der Waals surface area (Å²) < 4.78 is 0. The molecule has 1 amide bonds. The summed E-state index contributed by atoms with van der Waals surface area (Å²) in [5, 5.41) is 3.34. The molecule has 0 aliphatic heterocycles. The SMILES string of the molecule is CC(C)NCCCC(=O)N(Cc1ccccn1)C(C)C. The Hall–Kier alpha value is -1.42. The molecule has 1 aromatic heterocycles. The van der Waals surface area contributed by atoms with E-state index in [4.69, 9.17) is 0 Å². The van der Waals surface area contributed by atoms with Crippen LogP contribution in [0.4, 0.5) is 0 Å². The number of carbonyl (C=O) groups excluding carboxylic acids is 1. The van der Waals surface area contributed by atoms with Crippen molar-refractivity contribution in [1.29, 1.82) is 0 Å². The predicted octanol–water partition coefficient (Wildman–Crippen LogP) is 2.60. The van der Waals surface area contributed by atoms with E-state index < -0.39 is 0 Å². The minimum atomic E-state index is 0.197. The van der Waals surface area contributed by atoms with Gasteiger partial charge in [0.2, 0.25) is 5.91 Å². The van der Waals surface area contributed by atoms with Crippen LogP contribution in [0, 0.1) is 0 Å². The lowest BCUT2D eigenvalue weighted by atomic mass is 10.2. The third-order valence-corrected chi connectivity index (χ3v) is 3.12. The fourth-order valence-electron chi connectivity index (χ4n) is 2.00. The van der Waals surface area contributed by atoms with Gasteiger partial charge in [-0.1, -0.05) is 19.9 Å². The smallest absolute Gasteiger partial charge is 0.223 e. The zero-order valence-corrected chi connectivity index (χ0v) is 13.1. The van der Waals surface area contributed by atoms with E-state index >= 15 is 0 Å². The highest BCUT2D eigenvalue weighted by atomic mass is 16.2. The van der Waals surface area contributed by atoms with Gasteiger partial charge in [0, 0.05) is 24.7 Å². The molecule has 1 heterocycles. The summed E-state index contributed by atoms with van der Waals surface area (Å²) in [6, 6.07) is 6.48. The number of hydrogen-bond donors (Lipinski definition) is 1. The molecule has 0 fully saturated rings. The first-order chi connectivity index (χ1) is 9.50. The Morgan fingerprint density at radius 3 is 2.60 bits per heavy atom. The van der Waals surface area contributed by atoms with E-state index in [1.807, 2.05) is 36.9 Å². The van der Waals surface area contributed by atoms with Gasteiger partial charge in [-0.15, -0.1) is 0 Å². The van der Waals surface area contributed by atoms with Crippen molar-refractivity contribution in [2.75, 3.05) is 6.54 Å². The van der Waals surface area contributed by atoms with Crippen molar-refractivity contribution in [3.63, 3.8) is 0 Å². The largest absolute Gasteiger partial charge is 0.334 e. The molecule has 4 heteroatoms. The zero-order valence-electron chi connectivity index (χ0n) is 13.1. The molecule has 0 radical (unpaired) electrons. The second-order valence-corrected chi connectivity index (χ2v) is 5.65. The fourth-order valence-corrected chi connectivity index (χ4v) is 2.00. The van der Waals surface area contributed by atoms with E-state index in [2.05, 4.69) is 24.1 Å². The standard InChI is InChI=1S/C16H27N3O/c1-13(2)17-11-7-9-16(20)19(14(3)4)12-15-8-5-6-10-18-15/h5-6,8,10,13-14,17H,7,9,11-12H2,1-4H3. The molecule has 1 N–H and O–H groups in total. The number of amides is 1. The highest BCUT2D eigenvalue weighted by Gasteiger charge is 2.17. The first kappa shape index (κ1) is 16.6. The highest BCUT2D eigenvalue weighted by molar-refractivity contribution is 5.76. The first-order valence-electron chi connectivity index (χ1n) is 7.43. The average Bonchev–Trinajstić information content (AvgIpc) is 2.41. The lowest BCUT2D eigenvalue weighted by Gasteiger charge is -2.26. The van der Waals surface area contributed by atoms with Crippen molar-refractivity contribution in [2.24, 2.45) is 0 Å². The highest BCUT2D eigenvalue weighted by Crippen LogP contribution is 2.09.